The smallest absolute Gasteiger partial charge is 0.430 e. The first-order valence-corrected chi connectivity index (χ1v) is 2.99. The summed E-state index contributed by atoms with van der Waals surface area (Å²) in [6.45, 7) is 0.948. The lowest BCUT2D eigenvalue weighted by atomic mass is 10.2. The molecule has 0 aromatic heterocycles. The number of alkyl halides is 3. The van der Waals surface area contributed by atoms with Gasteiger partial charge in [-0.1, -0.05) is 0 Å². The lowest BCUT2D eigenvalue weighted by Gasteiger charge is -2.09. The largest absolute Gasteiger partial charge is 0.432 e. The fourth-order valence-corrected chi connectivity index (χ4v) is 0.762. The monoisotopic (exact) mass is 170 g/mol. The molecule has 1 atom stereocenters. The van der Waals surface area contributed by atoms with Crippen molar-refractivity contribution >= 4 is 0 Å². The Morgan fingerprint density at radius 3 is 2.36 bits per heavy atom. The minimum atomic E-state index is -3.86. The third-order valence-electron chi connectivity index (χ3n) is 1.37. The molecule has 0 aromatic carbocycles. The molecule has 0 saturated carbocycles. The average Bonchev–Trinajstić information content (AvgIpc) is 2.08. The molecule has 5 heteroatoms. The van der Waals surface area contributed by atoms with Crippen molar-refractivity contribution < 1.29 is 22.3 Å². The average molecular weight is 170 g/mol. The molecule has 64 valence electrons. The molecule has 0 spiro atoms. The van der Waals surface area contributed by atoms with Crippen molar-refractivity contribution in [1.82, 2.24) is 0 Å². The molecule has 1 aliphatic rings. The Bertz CT molecular complexity index is 195. The zero-order valence-electron chi connectivity index (χ0n) is 5.70. The Morgan fingerprint density at radius 1 is 1.64 bits per heavy atom. The summed E-state index contributed by atoms with van der Waals surface area (Å²) in [7, 11) is 0. The predicted molar refractivity (Wildman–Crippen MR) is 29.4 cm³/mol. The molecule has 0 radical (unpaired) electrons. The van der Waals surface area contributed by atoms with Crippen LogP contribution in [0.3, 0.4) is 0 Å². The summed E-state index contributed by atoms with van der Waals surface area (Å²) in [6.07, 6.45) is -6.97. The predicted octanol–water partition coefficient (Wildman–Crippen LogP) is 2.54. The minimum absolute atomic E-state index is 0.595. The van der Waals surface area contributed by atoms with Gasteiger partial charge in [0.25, 0.3) is 0 Å². The number of halogens is 4. The van der Waals surface area contributed by atoms with Crippen LogP contribution in [0, 0.1) is 0 Å². The third-order valence-corrected chi connectivity index (χ3v) is 1.37. The van der Waals surface area contributed by atoms with E-state index in [9.17, 15) is 17.6 Å². The first-order valence-electron chi connectivity index (χ1n) is 2.99. The second-order valence-corrected chi connectivity index (χ2v) is 2.29. The number of allylic oxidation sites excluding steroid dienone is 2. The van der Waals surface area contributed by atoms with Gasteiger partial charge in [-0.15, -0.1) is 0 Å². The van der Waals surface area contributed by atoms with Crippen molar-refractivity contribution in [3.05, 3.63) is 11.6 Å². The zero-order valence-corrected chi connectivity index (χ0v) is 5.70. The van der Waals surface area contributed by atoms with Crippen LogP contribution in [0.1, 0.15) is 13.3 Å². The van der Waals surface area contributed by atoms with Crippen molar-refractivity contribution in [3.63, 3.8) is 0 Å². The third kappa shape index (κ3) is 1.46. The van der Waals surface area contributed by atoms with Crippen LogP contribution >= 0.6 is 0 Å². The van der Waals surface area contributed by atoms with Gasteiger partial charge in [0, 0.05) is 6.42 Å². The summed E-state index contributed by atoms with van der Waals surface area (Å²) in [5.41, 5.74) is 0. The maximum Gasteiger partial charge on any atom is 0.430 e. The van der Waals surface area contributed by atoms with E-state index in [-0.39, 0.29) is 0 Å². The summed E-state index contributed by atoms with van der Waals surface area (Å²) in [4.78, 5) is 0. The van der Waals surface area contributed by atoms with E-state index < -0.39 is 30.3 Å². The van der Waals surface area contributed by atoms with Crippen molar-refractivity contribution in [2.45, 2.75) is 25.6 Å². The van der Waals surface area contributed by atoms with E-state index >= 15 is 0 Å². The Morgan fingerprint density at radius 2 is 2.18 bits per heavy atom. The molecule has 1 aliphatic heterocycles. The van der Waals surface area contributed by atoms with Gasteiger partial charge in [0.2, 0.25) is 6.17 Å². The van der Waals surface area contributed by atoms with Gasteiger partial charge in [0.15, 0.2) is 0 Å². The molecule has 1 fully saturated rings. The number of hydrogen-bond donors (Lipinski definition) is 0. The van der Waals surface area contributed by atoms with Crippen molar-refractivity contribution in [1.29, 1.82) is 0 Å². The molecule has 1 unspecified atom stereocenters. The van der Waals surface area contributed by atoms with Gasteiger partial charge in [-0.3, -0.25) is 0 Å². The highest BCUT2D eigenvalue weighted by Crippen LogP contribution is 2.39. The maximum absolute atomic E-state index is 12.2. The van der Waals surface area contributed by atoms with Gasteiger partial charge >= 0.3 is 6.11 Å². The molecule has 1 heterocycles. The molecule has 11 heavy (non-hydrogen) atoms. The van der Waals surface area contributed by atoms with Crippen LogP contribution in [0.15, 0.2) is 11.6 Å². The lowest BCUT2D eigenvalue weighted by molar-refractivity contribution is -0.220. The molecular weight excluding hydrogens is 164 g/mol. The zero-order chi connectivity index (χ0) is 8.65. The van der Waals surface area contributed by atoms with Gasteiger partial charge in [-0.2, -0.15) is 8.78 Å². The molecule has 1 rings (SSSR count). The van der Waals surface area contributed by atoms with Gasteiger partial charge < -0.3 is 4.74 Å². The Kier molecular flexibility index (Phi) is 1.82. The summed E-state index contributed by atoms with van der Waals surface area (Å²) >= 11 is 0. The molecule has 1 saturated heterocycles. The van der Waals surface area contributed by atoms with Crippen LogP contribution in [0.5, 0.6) is 0 Å². The van der Waals surface area contributed by atoms with Crippen LogP contribution in [0.2, 0.25) is 0 Å². The second kappa shape index (κ2) is 2.39. The van der Waals surface area contributed by atoms with E-state index in [1.807, 2.05) is 0 Å². The standard InChI is InChI=1S/C6H6F4O/c1-3(7)4-2-5(8)6(9,10)11-4/h5H,2H2,1H3. The minimum Gasteiger partial charge on any atom is -0.432 e. The van der Waals surface area contributed by atoms with Gasteiger partial charge in [0.05, 0.1) is 0 Å². The van der Waals surface area contributed by atoms with Crippen LogP contribution in [-0.2, 0) is 4.74 Å². The molecule has 0 aromatic rings. The summed E-state index contributed by atoms with van der Waals surface area (Å²) in [5.74, 6) is -1.49. The Hall–Kier alpha value is -0.740. The van der Waals surface area contributed by atoms with E-state index in [1.165, 1.54) is 0 Å². The quantitative estimate of drug-likeness (QED) is 0.507. The Balaban J connectivity index is 2.80. The molecule has 0 bridgehead atoms. The van der Waals surface area contributed by atoms with Crippen LogP contribution < -0.4 is 0 Å². The second-order valence-electron chi connectivity index (χ2n) is 2.29. The van der Waals surface area contributed by atoms with E-state index in [0.717, 1.165) is 6.92 Å². The van der Waals surface area contributed by atoms with Gasteiger partial charge in [-0.05, 0) is 6.92 Å². The molecule has 0 amide bonds. The SMILES string of the molecule is CC(F)=C1CC(F)C(F)(F)O1. The highest BCUT2D eigenvalue weighted by molar-refractivity contribution is 5.06. The molecule has 0 N–H and O–H groups in total. The fourth-order valence-electron chi connectivity index (χ4n) is 0.762. The van der Waals surface area contributed by atoms with Crippen LogP contribution in [0.4, 0.5) is 17.6 Å². The lowest BCUT2D eigenvalue weighted by Crippen LogP contribution is -2.24. The van der Waals surface area contributed by atoms with E-state index in [4.69, 9.17) is 0 Å². The van der Waals surface area contributed by atoms with E-state index in [2.05, 4.69) is 4.74 Å². The first kappa shape index (κ1) is 8.36. The molecular formula is C6H6F4O. The maximum atomic E-state index is 12.2. The van der Waals surface area contributed by atoms with Crippen LogP contribution in [0.25, 0.3) is 0 Å². The summed E-state index contributed by atoms with van der Waals surface area (Å²) in [6, 6.07) is 0. The number of ether oxygens (including phenoxy) is 1. The molecule has 0 aliphatic carbocycles. The topological polar surface area (TPSA) is 9.23 Å². The number of rotatable bonds is 0. The van der Waals surface area contributed by atoms with Crippen molar-refractivity contribution in [3.8, 4) is 0 Å². The first-order chi connectivity index (χ1) is 4.93. The fraction of sp³-hybridized carbons (Fsp3) is 0.667. The molecule has 1 nitrogen and oxygen atoms in total. The Labute approximate surface area is 60.6 Å². The van der Waals surface area contributed by atoms with Crippen molar-refractivity contribution in [2.24, 2.45) is 0 Å². The van der Waals surface area contributed by atoms with Gasteiger partial charge in [-0.25, -0.2) is 8.78 Å². The highest BCUT2D eigenvalue weighted by atomic mass is 19.3. The number of hydrogen-bond acceptors (Lipinski definition) is 1. The van der Waals surface area contributed by atoms with E-state index in [1.54, 1.807) is 0 Å². The van der Waals surface area contributed by atoms with Gasteiger partial charge in [0.1, 0.15) is 11.6 Å². The highest BCUT2D eigenvalue weighted by Gasteiger charge is 2.50. The normalized spacial score (nSPS) is 33.4. The van der Waals surface area contributed by atoms with E-state index in [0.29, 0.717) is 0 Å². The summed E-state index contributed by atoms with van der Waals surface area (Å²) in [5, 5.41) is 0. The van der Waals surface area contributed by atoms with Crippen molar-refractivity contribution in [2.75, 3.05) is 0 Å². The van der Waals surface area contributed by atoms with Crippen LogP contribution in [-0.4, -0.2) is 12.3 Å². The summed E-state index contributed by atoms with van der Waals surface area (Å²) < 4.78 is 52.4.